The van der Waals surface area contributed by atoms with Gasteiger partial charge in [-0.2, -0.15) is 0 Å². The number of piperidine rings is 1. The molecular weight excluding hydrogens is 468 g/mol. The second kappa shape index (κ2) is 11.8. The Balaban J connectivity index is 1.36. The molecule has 0 bridgehead atoms. The molecule has 2 aromatic heterocycles. The van der Waals surface area contributed by atoms with E-state index >= 15 is 0 Å². The Labute approximate surface area is 208 Å². The van der Waals surface area contributed by atoms with E-state index in [1.807, 2.05) is 30.0 Å². The zero-order valence-corrected chi connectivity index (χ0v) is 20.9. The molecule has 0 aliphatic carbocycles. The van der Waals surface area contributed by atoms with Gasteiger partial charge >= 0.3 is 5.97 Å². The average Bonchev–Trinajstić information content (AvgIpc) is 3.36. The lowest BCUT2D eigenvalue weighted by Gasteiger charge is -2.38. The first-order valence-corrected chi connectivity index (χ1v) is 13.5. The fourth-order valence-corrected chi connectivity index (χ4v) is 6.63. The van der Waals surface area contributed by atoms with E-state index in [0.29, 0.717) is 24.2 Å². The summed E-state index contributed by atoms with van der Waals surface area (Å²) in [4.78, 5) is 31.4. The summed E-state index contributed by atoms with van der Waals surface area (Å²) in [5, 5.41) is 12.4. The van der Waals surface area contributed by atoms with Crippen LogP contribution < -0.4 is 4.74 Å². The Hall–Kier alpha value is -2.42. The molecule has 1 saturated heterocycles. The number of carboxylic acids is 1. The van der Waals surface area contributed by atoms with E-state index in [-0.39, 0.29) is 24.0 Å². The lowest BCUT2D eigenvalue weighted by Crippen LogP contribution is -2.42. The van der Waals surface area contributed by atoms with E-state index in [0.717, 1.165) is 42.7 Å². The van der Waals surface area contributed by atoms with E-state index in [4.69, 9.17) is 4.74 Å². The number of carboxylic acid groups (broad SMARTS) is 1. The normalized spacial score (nSPS) is 18.7. The number of nitrogens with zero attached hydrogens (tertiary/aromatic N) is 2. The Bertz CT molecular complexity index is 1120. The summed E-state index contributed by atoms with van der Waals surface area (Å²) >= 11 is 3.61. The topological polar surface area (TPSA) is 79.7 Å². The second-order valence-electron chi connectivity index (χ2n) is 8.69. The molecule has 1 aliphatic heterocycles. The number of rotatable bonds is 11. The van der Waals surface area contributed by atoms with Gasteiger partial charge in [0.25, 0.3) is 0 Å². The SMILES string of the molecule is COc1ccc2nccc(C(=O)CC[C@@H]3CCN(CCSc4cccs4)C[C@@H]3CC(=O)O)c2c1. The summed E-state index contributed by atoms with van der Waals surface area (Å²) < 4.78 is 6.64. The number of aromatic nitrogens is 1. The number of hydrogen-bond acceptors (Lipinski definition) is 7. The fraction of sp³-hybridized carbons (Fsp3) is 0.423. The van der Waals surface area contributed by atoms with Crippen molar-refractivity contribution >= 4 is 45.8 Å². The first kappa shape index (κ1) is 24.7. The molecule has 0 radical (unpaired) electrons. The third kappa shape index (κ3) is 6.37. The minimum atomic E-state index is -0.761. The molecule has 1 aliphatic rings. The van der Waals surface area contributed by atoms with Crippen molar-refractivity contribution in [3.05, 3.63) is 53.5 Å². The van der Waals surface area contributed by atoms with E-state index in [9.17, 15) is 14.7 Å². The van der Waals surface area contributed by atoms with Gasteiger partial charge in [-0.1, -0.05) is 6.07 Å². The Kier molecular flexibility index (Phi) is 8.59. The largest absolute Gasteiger partial charge is 0.497 e. The van der Waals surface area contributed by atoms with Crippen LogP contribution in [0.25, 0.3) is 10.9 Å². The predicted octanol–water partition coefficient (Wildman–Crippen LogP) is 5.47. The summed E-state index contributed by atoms with van der Waals surface area (Å²) in [6, 6.07) is 11.5. The number of aliphatic carboxylic acids is 1. The van der Waals surface area contributed by atoms with Crippen molar-refractivity contribution in [2.45, 2.75) is 29.9 Å². The molecule has 1 aromatic carbocycles. The molecule has 2 atom stereocenters. The number of fused-ring (bicyclic) bond motifs is 1. The van der Waals surface area contributed by atoms with Crippen molar-refractivity contribution in [2.75, 3.05) is 32.5 Å². The molecule has 0 spiro atoms. The molecule has 6 nitrogen and oxygen atoms in total. The number of benzene rings is 1. The van der Waals surface area contributed by atoms with Crippen LogP contribution in [0.5, 0.6) is 5.75 Å². The maximum Gasteiger partial charge on any atom is 0.303 e. The van der Waals surface area contributed by atoms with Gasteiger partial charge in [0, 0.05) is 48.8 Å². The molecule has 3 heterocycles. The highest BCUT2D eigenvalue weighted by molar-refractivity contribution is 8.01. The van der Waals surface area contributed by atoms with Gasteiger partial charge in [0.1, 0.15) is 5.75 Å². The summed E-state index contributed by atoms with van der Waals surface area (Å²) in [6.07, 6.45) is 3.87. The zero-order chi connectivity index (χ0) is 23.9. The third-order valence-corrected chi connectivity index (χ3v) is 8.66. The van der Waals surface area contributed by atoms with Gasteiger partial charge < -0.3 is 14.7 Å². The lowest BCUT2D eigenvalue weighted by atomic mass is 9.79. The van der Waals surface area contributed by atoms with Crippen molar-refractivity contribution in [1.82, 2.24) is 9.88 Å². The monoisotopic (exact) mass is 498 g/mol. The van der Waals surface area contributed by atoms with Crippen LogP contribution >= 0.6 is 23.1 Å². The fourth-order valence-electron chi connectivity index (χ4n) is 4.76. The number of carbonyl (C=O) groups is 2. The maximum absolute atomic E-state index is 13.2. The minimum absolute atomic E-state index is 0.0695. The van der Waals surface area contributed by atoms with E-state index in [1.165, 1.54) is 4.21 Å². The van der Waals surface area contributed by atoms with Crippen LogP contribution in [0.4, 0.5) is 0 Å². The highest BCUT2D eigenvalue weighted by Crippen LogP contribution is 2.32. The number of thioether (sulfide) groups is 1. The van der Waals surface area contributed by atoms with Crippen molar-refractivity contribution < 1.29 is 19.4 Å². The molecule has 1 fully saturated rings. The Morgan fingerprint density at radius 1 is 1.26 bits per heavy atom. The van der Waals surface area contributed by atoms with Gasteiger partial charge in [0.05, 0.1) is 16.8 Å². The van der Waals surface area contributed by atoms with Gasteiger partial charge in [-0.15, -0.1) is 23.1 Å². The summed E-state index contributed by atoms with van der Waals surface area (Å²) in [6.45, 7) is 2.69. The van der Waals surface area contributed by atoms with Crippen LogP contribution in [0.2, 0.25) is 0 Å². The van der Waals surface area contributed by atoms with Crippen LogP contribution in [0.1, 0.15) is 36.0 Å². The van der Waals surface area contributed by atoms with Gasteiger partial charge in [0.2, 0.25) is 0 Å². The number of likely N-dealkylation sites (tertiary alicyclic amines) is 1. The number of pyridine rings is 1. The van der Waals surface area contributed by atoms with Crippen molar-refractivity contribution in [3.63, 3.8) is 0 Å². The van der Waals surface area contributed by atoms with E-state index in [1.54, 1.807) is 30.7 Å². The average molecular weight is 499 g/mol. The van der Waals surface area contributed by atoms with Crippen molar-refractivity contribution in [2.24, 2.45) is 11.8 Å². The molecule has 180 valence electrons. The summed E-state index contributed by atoms with van der Waals surface area (Å²) in [5.74, 6) is 1.32. The summed E-state index contributed by atoms with van der Waals surface area (Å²) in [5.41, 5.74) is 1.42. The van der Waals surface area contributed by atoms with E-state index in [2.05, 4.69) is 27.4 Å². The second-order valence-corrected chi connectivity index (χ2v) is 11.0. The molecule has 0 unspecified atom stereocenters. The van der Waals surface area contributed by atoms with Gasteiger partial charge in [-0.05, 0) is 66.9 Å². The van der Waals surface area contributed by atoms with Gasteiger partial charge in [0.15, 0.2) is 5.78 Å². The number of hydrogen-bond donors (Lipinski definition) is 1. The maximum atomic E-state index is 13.2. The molecule has 34 heavy (non-hydrogen) atoms. The van der Waals surface area contributed by atoms with Gasteiger partial charge in [-0.25, -0.2) is 0 Å². The van der Waals surface area contributed by atoms with Gasteiger partial charge in [-0.3, -0.25) is 14.6 Å². The Morgan fingerprint density at radius 3 is 2.91 bits per heavy atom. The van der Waals surface area contributed by atoms with Crippen molar-refractivity contribution in [3.8, 4) is 5.75 Å². The molecular formula is C26H30N2O4S2. The highest BCUT2D eigenvalue weighted by atomic mass is 32.2. The molecule has 4 rings (SSSR count). The number of ether oxygens (including phenoxy) is 1. The molecule has 0 amide bonds. The zero-order valence-electron chi connectivity index (χ0n) is 19.3. The van der Waals surface area contributed by atoms with Crippen LogP contribution in [-0.2, 0) is 4.79 Å². The highest BCUT2D eigenvalue weighted by Gasteiger charge is 2.31. The molecule has 0 saturated carbocycles. The number of Topliss-reactive ketones (excluding diaryl/α,β-unsaturated/α-hetero) is 1. The third-order valence-electron chi connectivity index (χ3n) is 6.55. The molecule has 1 N–H and O–H groups in total. The Morgan fingerprint density at radius 2 is 2.15 bits per heavy atom. The molecule has 8 heteroatoms. The minimum Gasteiger partial charge on any atom is -0.497 e. The summed E-state index contributed by atoms with van der Waals surface area (Å²) in [7, 11) is 1.61. The first-order valence-electron chi connectivity index (χ1n) is 11.6. The van der Waals surface area contributed by atoms with Crippen LogP contribution in [0, 0.1) is 11.8 Å². The lowest BCUT2D eigenvalue weighted by molar-refractivity contribution is -0.139. The first-order chi connectivity index (χ1) is 16.5. The quantitative estimate of drug-likeness (QED) is 0.277. The number of carbonyl (C=O) groups excluding carboxylic acids is 1. The predicted molar refractivity (Wildman–Crippen MR) is 137 cm³/mol. The van der Waals surface area contributed by atoms with Crippen LogP contribution in [-0.4, -0.2) is 59.2 Å². The smallest absolute Gasteiger partial charge is 0.303 e. The van der Waals surface area contributed by atoms with Crippen LogP contribution in [0.15, 0.2) is 52.2 Å². The number of ketones is 1. The van der Waals surface area contributed by atoms with Crippen molar-refractivity contribution in [1.29, 1.82) is 0 Å². The molecule has 3 aromatic rings. The number of thiophene rings is 1. The number of methoxy groups -OCH3 is 1. The van der Waals surface area contributed by atoms with Crippen LogP contribution in [0.3, 0.4) is 0 Å². The van der Waals surface area contributed by atoms with E-state index < -0.39 is 5.97 Å². The standard InChI is InChI=1S/C26H30N2O4S2/c1-32-20-5-6-23-22(16-20)21(8-10-27-23)24(29)7-4-18-9-11-28(17-19(18)15-25(30)31)12-14-34-26-3-2-13-33-26/h2-3,5-6,8,10,13,16,18-19H,4,7,9,11-12,14-15,17H2,1H3,(H,30,31)/t18-,19+/m1/s1.